The molecule has 0 radical (unpaired) electrons. The third-order valence-corrected chi connectivity index (χ3v) is 4.78. The average molecular weight is 360 g/mol. The van der Waals surface area contributed by atoms with Crippen LogP contribution in [0.1, 0.15) is 31.2 Å². The van der Waals surface area contributed by atoms with E-state index < -0.39 is 0 Å². The van der Waals surface area contributed by atoms with E-state index in [1.807, 2.05) is 12.1 Å². The van der Waals surface area contributed by atoms with Crippen LogP contribution >= 0.6 is 28.3 Å². The molecular weight excluding hydrogens is 340 g/mol. The van der Waals surface area contributed by atoms with Crippen molar-refractivity contribution in [3.05, 3.63) is 34.3 Å². The number of amides is 1. The highest BCUT2D eigenvalue weighted by atomic mass is 79.9. The van der Waals surface area contributed by atoms with Crippen molar-refractivity contribution in [3.8, 4) is 0 Å². The molecule has 2 fully saturated rings. The molecule has 3 rings (SSSR count). The van der Waals surface area contributed by atoms with Gasteiger partial charge in [0.25, 0.3) is 0 Å². The van der Waals surface area contributed by atoms with Crippen molar-refractivity contribution in [2.45, 2.75) is 37.1 Å². The predicted octanol–water partition coefficient (Wildman–Crippen LogP) is 2.77. The Hall–Kier alpha value is -0.580. The Morgan fingerprint density at radius 3 is 2.60 bits per heavy atom. The van der Waals surface area contributed by atoms with Gasteiger partial charge in [-0.15, -0.1) is 12.4 Å². The second-order valence-corrected chi connectivity index (χ2v) is 6.51. The number of hydrogen-bond acceptors (Lipinski definition) is 2. The molecule has 0 spiro atoms. The molecule has 5 heteroatoms. The van der Waals surface area contributed by atoms with E-state index in [1.54, 1.807) is 0 Å². The second-order valence-electron chi connectivity index (χ2n) is 5.59. The van der Waals surface area contributed by atoms with Crippen molar-refractivity contribution in [3.63, 3.8) is 0 Å². The van der Waals surface area contributed by atoms with Crippen LogP contribution in [0.15, 0.2) is 28.7 Å². The van der Waals surface area contributed by atoms with Crippen LogP contribution in [0, 0.1) is 0 Å². The largest absolute Gasteiger partial charge is 0.354 e. The Morgan fingerprint density at radius 1 is 1.35 bits per heavy atom. The van der Waals surface area contributed by atoms with Gasteiger partial charge in [-0.25, -0.2) is 0 Å². The quantitative estimate of drug-likeness (QED) is 0.868. The number of nitrogens with one attached hydrogen (secondary N) is 2. The third kappa shape index (κ3) is 3.18. The van der Waals surface area contributed by atoms with E-state index in [0.717, 1.165) is 36.0 Å². The minimum Gasteiger partial charge on any atom is -0.354 e. The van der Waals surface area contributed by atoms with Gasteiger partial charge in [0.05, 0.1) is 5.41 Å². The van der Waals surface area contributed by atoms with E-state index >= 15 is 0 Å². The Kier molecular flexibility index (Phi) is 5.10. The van der Waals surface area contributed by atoms with E-state index in [4.69, 9.17) is 0 Å². The zero-order valence-corrected chi connectivity index (χ0v) is 13.7. The molecule has 1 atom stereocenters. The highest BCUT2D eigenvalue weighted by Crippen LogP contribution is 2.48. The van der Waals surface area contributed by atoms with Gasteiger partial charge < -0.3 is 10.6 Å². The zero-order valence-electron chi connectivity index (χ0n) is 11.3. The van der Waals surface area contributed by atoms with Crippen LogP contribution in [0.2, 0.25) is 0 Å². The second kappa shape index (κ2) is 6.46. The molecule has 1 aromatic carbocycles. The third-order valence-electron chi connectivity index (χ3n) is 4.25. The van der Waals surface area contributed by atoms with E-state index in [1.165, 1.54) is 12.8 Å². The van der Waals surface area contributed by atoms with E-state index in [-0.39, 0.29) is 23.7 Å². The van der Waals surface area contributed by atoms with Gasteiger partial charge in [-0.1, -0.05) is 28.1 Å². The summed E-state index contributed by atoms with van der Waals surface area (Å²) in [7, 11) is 0. The van der Waals surface area contributed by atoms with Crippen LogP contribution in [-0.2, 0) is 10.2 Å². The maximum Gasteiger partial charge on any atom is 0.230 e. The molecule has 3 nitrogen and oxygen atoms in total. The molecule has 110 valence electrons. The summed E-state index contributed by atoms with van der Waals surface area (Å²) in [6, 6.07) is 8.61. The first-order chi connectivity index (χ1) is 9.21. The highest BCUT2D eigenvalue weighted by Gasteiger charge is 2.51. The van der Waals surface area contributed by atoms with Gasteiger partial charge in [-0.05, 0) is 49.9 Å². The Morgan fingerprint density at radius 2 is 2.05 bits per heavy atom. The Balaban J connectivity index is 0.00000147. The maximum atomic E-state index is 12.4. The van der Waals surface area contributed by atoms with E-state index in [2.05, 4.69) is 38.7 Å². The fourth-order valence-corrected chi connectivity index (χ4v) is 3.12. The molecule has 1 aromatic rings. The lowest BCUT2D eigenvalue weighted by molar-refractivity contribution is -0.123. The molecular formula is C15H20BrClN2O. The van der Waals surface area contributed by atoms with Crippen molar-refractivity contribution >= 4 is 34.2 Å². The van der Waals surface area contributed by atoms with Crippen LogP contribution < -0.4 is 10.6 Å². The van der Waals surface area contributed by atoms with Gasteiger partial charge in [0.2, 0.25) is 5.91 Å². The molecule has 2 N–H and O–H groups in total. The van der Waals surface area contributed by atoms with Gasteiger partial charge in [0, 0.05) is 17.1 Å². The summed E-state index contributed by atoms with van der Waals surface area (Å²) < 4.78 is 1.06. The molecule has 1 aliphatic carbocycles. The standard InChI is InChI=1S/C15H19BrN2O.ClH/c16-12-5-3-11(4-6-12)15(7-8-15)14(19)18-10-13-2-1-9-17-13;/h3-6,13,17H,1-2,7-10H2,(H,18,19);1H. The van der Waals surface area contributed by atoms with Crippen molar-refractivity contribution in [1.29, 1.82) is 0 Å². The molecule has 1 saturated carbocycles. The van der Waals surface area contributed by atoms with Crippen molar-refractivity contribution in [2.75, 3.05) is 13.1 Å². The van der Waals surface area contributed by atoms with Crippen molar-refractivity contribution < 1.29 is 4.79 Å². The number of halogens is 2. The predicted molar refractivity (Wildman–Crippen MR) is 86.3 cm³/mol. The van der Waals surface area contributed by atoms with Gasteiger partial charge in [-0.2, -0.15) is 0 Å². The summed E-state index contributed by atoms with van der Waals surface area (Å²) >= 11 is 3.44. The molecule has 2 aliphatic rings. The lowest BCUT2D eigenvalue weighted by Crippen LogP contribution is -2.42. The minimum atomic E-state index is -0.251. The van der Waals surface area contributed by atoms with Crippen molar-refractivity contribution in [2.24, 2.45) is 0 Å². The zero-order chi connectivity index (χ0) is 13.3. The molecule has 0 aromatic heterocycles. The Labute approximate surface area is 134 Å². The lowest BCUT2D eigenvalue weighted by Gasteiger charge is -2.18. The first kappa shape index (κ1) is 15.8. The molecule has 1 aliphatic heterocycles. The normalized spacial score (nSPS) is 22.9. The smallest absolute Gasteiger partial charge is 0.230 e. The fourth-order valence-electron chi connectivity index (χ4n) is 2.86. The lowest BCUT2D eigenvalue weighted by atomic mass is 9.95. The number of carbonyl (C=O) groups is 1. The molecule has 1 saturated heterocycles. The molecule has 1 amide bonds. The topological polar surface area (TPSA) is 41.1 Å². The summed E-state index contributed by atoms with van der Waals surface area (Å²) in [5.41, 5.74) is 0.895. The number of carbonyl (C=O) groups excluding carboxylic acids is 1. The van der Waals surface area contributed by atoms with Gasteiger partial charge >= 0.3 is 0 Å². The number of hydrogen-bond donors (Lipinski definition) is 2. The van der Waals surface area contributed by atoms with Gasteiger partial charge in [0.1, 0.15) is 0 Å². The molecule has 1 heterocycles. The van der Waals surface area contributed by atoms with Crippen LogP contribution in [-0.4, -0.2) is 25.0 Å². The SMILES string of the molecule is Cl.O=C(NCC1CCCN1)C1(c2ccc(Br)cc2)CC1. The summed E-state index contributed by atoms with van der Waals surface area (Å²) in [5.74, 6) is 0.198. The number of rotatable bonds is 4. The van der Waals surface area contributed by atoms with E-state index in [0.29, 0.717) is 6.04 Å². The van der Waals surface area contributed by atoms with E-state index in [9.17, 15) is 4.79 Å². The average Bonchev–Trinajstić information content (AvgIpc) is 3.07. The monoisotopic (exact) mass is 358 g/mol. The van der Waals surface area contributed by atoms with Crippen LogP contribution in [0.5, 0.6) is 0 Å². The molecule has 20 heavy (non-hydrogen) atoms. The number of benzene rings is 1. The summed E-state index contributed by atoms with van der Waals surface area (Å²) in [6.07, 6.45) is 4.33. The van der Waals surface area contributed by atoms with Crippen LogP contribution in [0.3, 0.4) is 0 Å². The van der Waals surface area contributed by atoms with Crippen LogP contribution in [0.4, 0.5) is 0 Å². The first-order valence-electron chi connectivity index (χ1n) is 6.98. The summed E-state index contributed by atoms with van der Waals surface area (Å²) in [5, 5.41) is 6.54. The minimum absolute atomic E-state index is 0. The van der Waals surface area contributed by atoms with Gasteiger partial charge in [-0.3, -0.25) is 4.79 Å². The molecule has 0 bridgehead atoms. The van der Waals surface area contributed by atoms with Crippen molar-refractivity contribution in [1.82, 2.24) is 10.6 Å². The van der Waals surface area contributed by atoms with Gasteiger partial charge in [0.15, 0.2) is 0 Å². The maximum absolute atomic E-state index is 12.4. The fraction of sp³-hybridized carbons (Fsp3) is 0.533. The Bertz CT molecular complexity index is 467. The summed E-state index contributed by atoms with van der Waals surface area (Å²) in [4.78, 5) is 12.4. The van der Waals surface area contributed by atoms with Crippen LogP contribution in [0.25, 0.3) is 0 Å². The summed E-state index contributed by atoms with van der Waals surface area (Å²) in [6.45, 7) is 1.84. The first-order valence-corrected chi connectivity index (χ1v) is 7.78. The highest BCUT2D eigenvalue weighted by molar-refractivity contribution is 9.10. The molecule has 1 unspecified atom stereocenters.